The lowest BCUT2D eigenvalue weighted by atomic mass is 10.5. The Kier molecular flexibility index (Phi) is 6.28. The lowest BCUT2D eigenvalue weighted by molar-refractivity contribution is -0.137. The van der Waals surface area contributed by atoms with Crippen molar-refractivity contribution in [3.05, 3.63) is 25.1 Å². The second kappa shape index (κ2) is 7.00. The molecule has 82 valence electrons. The Morgan fingerprint density at radius 1 is 1.64 bits per heavy atom. The molecule has 0 saturated carbocycles. The lowest BCUT2D eigenvalue weighted by Crippen LogP contribution is -2.22. The number of nitrogens with one attached hydrogen (secondary N) is 1. The summed E-state index contributed by atoms with van der Waals surface area (Å²) in [4.78, 5) is 10.6. The van der Waals surface area contributed by atoms with Crippen molar-refractivity contribution in [1.82, 2.24) is 5.32 Å². The summed E-state index contributed by atoms with van der Waals surface area (Å²) in [7, 11) is 0. The normalized spacial score (nSPS) is 9.36. The van der Waals surface area contributed by atoms with E-state index in [1.54, 1.807) is 0 Å². The van der Waals surface area contributed by atoms with Gasteiger partial charge in [0, 0.05) is 7.50 Å². The Balaban J connectivity index is 0. The van der Waals surface area contributed by atoms with Crippen LogP contribution in [0.25, 0.3) is 0 Å². The summed E-state index contributed by atoms with van der Waals surface area (Å²) in [5, 5.41) is 2.87. The lowest BCUT2D eigenvalue weighted by Gasteiger charge is -2.13. The first-order valence-electron chi connectivity index (χ1n) is 4.45. The van der Waals surface area contributed by atoms with Crippen molar-refractivity contribution in [3.8, 4) is 0 Å². The molecule has 0 aliphatic carbocycles. The average Bonchev–Trinajstić information content (AvgIpc) is 2.10. The van der Waals surface area contributed by atoms with E-state index in [1.807, 2.05) is 13.8 Å². The van der Waals surface area contributed by atoms with Gasteiger partial charge >= 0.3 is 5.97 Å². The van der Waals surface area contributed by atoms with Crippen LogP contribution in [0.2, 0.25) is 0 Å². The van der Waals surface area contributed by atoms with Crippen molar-refractivity contribution < 1.29 is 15.7 Å². The molecule has 0 aromatic heterocycles. The highest BCUT2D eigenvalue weighted by Crippen LogP contribution is 1.94. The minimum absolute atomic E-state index is 0. The summed E-state index contributed by atoms with van der Waals surface area (Å²) >= 11 is 0. The standard InChI is InChI=1S/C10H17NO3.H2/c1-5-10(12)13-7-6-11-9(4)14-8(2)3;/h5,8,11H,1,4,6-7H2,2-3H3;1H. The summed E-state index contributed by atoms with van der Waals surface area (Å²) < 4.78 is 9.95. The highest BCUT2D eigenvalue weighted by atomic mass is 16.5. The first-order chi connectivity index (χ1) is 6.56. The van der Waals surface area contributed by atoms with Crippen molar-refractivity contribution >= 4 is 5.97 Å². The van der Waals surface area contributed by atoms with Crippen molar-refractivity contribution in [2.24, 2.45) is 0 Å². The third-order valence-electron chi connectivity index (χ3n) is 1.21. The fourth-order valence-corrected chi connectivity index (χ4v) is 0.727. The van der Waals surface area contributed by atoms with Crippen LogP contribution in [-0.4, -0.2) is 25.2 Å². The highest BCUT2D eigenvalue weighted by Gasteiger charge is 1.98. The smallest absolute Gasteiger partial charge is 0.330 e. The molecule has 0 aromatic carbocycles. The largest absolute Gasteiger partial charge is 0.477 e. The Hall–Kier alpha value is -1.45. The molecule has 1 N–H and O–H groups in total. The van der Waals surface area contributed by atoms with E-state index in [0.29, 0.717) is 12.4 Å². The molecule has 0 bridgehead atoms. The maximum atomic E-state index is 10.6. The molecule has 0 unspecified atom stereocenters. The maximum absolute atomic E-state index is 10.6. The zero-order chi connectivity index (χ0) is 11.0. The molecule has 0 aliphatic heterocycles. The monoisotopic (exact) mass is 201 g/mol. The van der Waals surface area contributed by atoms with Gasteiger partial charge in [-0.15, -0.1) is 0 Å². The van der Waals surface area contributed by atoms with Crippen LogP contribution in [0.15, 0.2) is 25.1 Å². The molecular formula is C10H19NO3. The third-order valence-corrected chi connectivity index (χ3v) is 1.21. The average molecular weight is 201 g/mol. The van der Waals surface area contributed by atoms with Gasteiger partial charge in [0.15, 0.2) is 5.88 Å². The summed E-state index contributed by atoms with van der Waals surface area (Å²) in [6.45, 7) is 11.5. The van der Waals surface area contributed by atoms with Gasteiger partial charge in [-0.2, -0.15) is 0 Å². The van der Waals surface area contributed by atoms with Crippen molar-refractivity contribution in [3.63, 3.8) is 0 Å². The zero-order valence-electron chi connectivity index (χ0n) is 8.71. The molecule has 0 radical (unpaired) electrons. The van der Waals surface area contributed by atoms with Crippen LogP contribution in [-0.2, 0) is 14.3 Å². The van der Waals surface area contributed by atoms with Crippen LogP contribution in [0.4, 0.5) is 0 Å². The third kappa shape index (κ3) is 7.21. The molecule has 0 fully saturated rings. The highest BCUT2D eigenvalue weighted by molar-refractivity contribution is 5.81. The maximum Gasteiger partial charge on any atom is 0.330 e. The minimum Gasteiger partial charge on any atom is -0.477 e. The zero-order valence-corrected chi connectivity index (χ0v) is 8.71. The number of rotatable bonds is 7. The predicted octanol–water partition coefficient (Wildman–Crippen LogP) is 1.45. The van der Waals surface area contributed by atoms with E-state index in [0.717, 1.165) is 6.08 Å². The SMILES string of the molecule is C=CC(=O)OCCNC(=C)OC(C)C.[HH]. The molecule has 0 aliphatic rings. The van der Waals surface area contributed by atoms with Gasteiger partial charge in [-0.1, -0.05) is 6.58 Å². The number of carbonyl (C=O) groups is 1. The molecule has 0 amide bonds. The van der Waals surface area contributed by atoms with Gasteiger partial charge in [-0.3, -0.25) is 0 Å². The molecule has 4 heteroatoms. The van der Waals surface area contributed by atoms with E-state index in [4.69, 9.17) is 9.47 Å². The first kappa shape index (κ1) is 12.6. The first-order valence-corrected chi connectivity index (χ1v) is 4.45. The van der Waals surface area contributed by atoms with E-state index >= 15 is 0 Å². The summed E-state index contributed by atoms with van der Waals surface area (Å²) in [6.07, 6.45) is 1.21. The van der Waals surface area contributed by atoms with Crippen LogP contribution < -0.4 is 5.32 Å². The second-order valence-corrected chi connectivity index (χ2v) is 2.89. The van der Waals surface area contributed by atoms with Crippen LogP contribution >= 0.6 is 0 Å². The van der Waals surface area contributed by atoms with Crippen LogP contribution in [0.1, 0.15) is 15.3 Å². The summed E-state index contributed by atoms with van der Waals surface area (Å²) in [5.41, 5.74) is 0. The van der Waals surface area contributed by atoms with Crippen LogP contribution in [0, 0.1) is 0 Å². The number of hydrogen-bond donors (Lipinski definition) is 1. The molecule has 0 spiro atoms. The quantitative estimate of drug-likeness (QED) is 0.293. The van der Waals surface area contributed by atoms with Crippen LogP contribution in [0.5, 0.6) is 0 Å². The van der Waals surface area contributed by atoms with Gasteiger partial charge in [0.2, 0.25) is 0 Å². The van der Waals surface area contributed by atoms with E-state index in [2.05, 4.69) is 18.5 Å². The summed E-state index contributed by atoms with van der Waals surface area (Å²) in [6, 6.07) is 0. The van der Waals surface area contributed by atoms with Crippen molar-refractivity contribution in [2.45, 2.75) is 20.0 Å². The Bertz CT molecular complexity index is 217. The van der Waals surface area contributed by atoms with E-state index in [-0.39, 0.29) is 14.1 Å². The van der Waals surface area contributed by atoms with Gasteiger partial charge in [0.25, 0.3) is 0 Å². The Morgan fingerprint density at radius 3 is 2.79 bits per heavy atom. The molecular weight excluding hydrogens is 182 g/mol. The molecule has 0 atom stereocenters. The molecule has 0 rings (SSSR count). The van der Waals surface area contributed by atoms with Crippen molar-refractivity contribution in [1.29, 1.82) is 0 Å². The Labute approximate surface area is 86.1 Å². The van der Waals surface area contributed by atoms with Crippen LogP contribution in [0.3, 0.4) is 0 Å². The van der Waals surface area contributed by atoms with Crippen molar-refractivity contribution in [2.75, 3.05) is 13.2 Å². The minimum atomic E-state index is -0.429. The van der Waals surface area contributed by atoms with E-state index in [9.17, 15) is 4.79 Å². The van der Waals surface area contributed by atoms with Gasteiger partial charge in [0.05, 0.1) is 12.6 Å². The van der Waals surface area contributed by atoms with E-state index in [1.165, 1.54) is 0 Å². The number of ether oxygens (including phenoxy) is 2. The topological polar surface area (TPSA) is 47.6 Å². The number of esters is 1. The second-order valence-electron chi connectivity index (χ2n) is 2.89. The fraction of sp³-hybridized carbons (Fsp3) is 0.500. The molecule has 4 nitrogen and oxygen atoms in total. The molecule has 14 heavy (non-hydrogen) atoms. The van der Waals surface area contributed by atoms with Gasteiger partial charge in [-0.05, 0) is 20.4 Å². The van der Waals surface area contributed by atoms with E-state index < -0.39 is 5.97 Å². The fourth-order valence-electron chi connectivity index (χ4n) is 0.727. The predicted molar refractivity (Wildman–Crippen MR) is 56.6 cm³/mol. The van der Waals surface area contributed by atoms with Gasteiger partial charge < -0.3 is 14.8 Å². The molecule has 0 aromatic rings. The van der Waals surface area contributed by atoms with Gasteiger partial charge in [-0.25, -0.2) is 4.79 Å². The van der Waals surface area contributed by atoms with Gasteiger partial charge in [0.1, 0.15) is 6.61 Å². The number of carbonyl (C=O) groups excluding carboxylic acids is 1. The molecule has 0 saturated heterocycles. The Morgan fingerprint density at radius 2 is 2.29 bits per heavy atom. The summed E-state index contributed by atoms with van der Waals surface area (Å²) in [5.74, 6) is 0.0526. The molecule has 0 heterocycles. The number of hydrogen-bond acceptors (Lipinski definition) is 4.